The first-order chi connectivity index (χ1) is 11.7. The van der Waals surface area contributed by atoms with Gasteiger partial charge in [0.15, 0.2) is 0 Å². The van der Waals surface area contributed by atoms with Gasteiger partial charge in [-0.2, -0.15) is 0 Å². The summed E-state index contributed by atoms with van der Waals surface area (Å²) in [6.45, 7) is 4.24. The first kappa shape index (κ1) is 16.0. The van der Waals surface area contributed by atoms with Crippen molar-refractivity contribution >= 4 is 24.3 Å². The lowest BCUT2D eigenvalue weighted by Crippen LogP contribution is -1.77. The summed E-state index contributed by atoms with van der Waals surface area (Å²) in [6.07, 6.45) is 8.63. The standard InChI is InChI=1S/C24H22/c1-19-5-3-7-23(17-19)15-13-21-9-11-22(12-10-21)14-16-24-8-4-6-20(2)18-24/h3-18H,1-2H3. The molecule has 0 N–H and O–H groups in total. The number of hydrogen-bond donors (Lipinski definition) is 0. The van der Waals surface area contributed by atoms with Gasteiger partial charge in [0, 0.05) is 0 Å². The predicted molar refractivity (Wildman–Crippen MR) is 107 cm³/mol. The van der Waals surface area contributed by atoms with Crippen LogP contribution in [0.2, 0.25) is 0 Å². The minimum atomic E-state index is 1.21. The molecular formula is C24H22. The molecule has 0 nitrogen and oxygen atoms in total. The average Bonchev–Trinajstić information content (AvgIpc) is 2.59. The Morgan fingerprint density at radius 1 is 0.458 bits per heavy atom. The fraction of sp³-hybridized carbons (Fsp3) is 0.0833. The summed E-state index contributed by atoms with van der Waals surface area (Å²) in [6, 6.07) is 25.7. The summed E-state index contributed by atoms with van der Waals surface area (Å²) in [7, 11) is 0. The minimum Gasteiger partial charge on any atom is -0.0614 e. The minimum absolute atomic E-state index is 1.21. The molecule has 3 rings (SSSR count). The van der Waals surface area contributed by atoms with Gasteiger partial charge in [-0.3, -0.25) is 0 Å². The number of rotatable bonds is 4. The van der Waals surface area contributed by atoms with E-state index in [-0.39, 0.29) is 0 Å². The molecule has 3 aromatic rings. The fourth-order valence-electron chi connectivity index (χ4n) is 2.65. The first-order valence-corrected chi connectivity index (χ1v) is 8.29. The van der Waals surface area contributed by atoms with Gasteiger partial charge in [0.05, 0.1) is 0 Å². The van der Waals surface area contributed by atoms with Crippen LogP contribution in [0.15, 0.2) is 72.8 Å². The molecule has 0 radical (unpaired) electrons. The van der Waals surface area contributed by atoms with Gasteiger partial charge in [0.25, 0.3) is 0 Å². The summed E-state index contributed by atoms with van der Waals surface area (Å²) in [5.74, 6) is 0. The Morgan fingerprint density at radius 2 is 0.833 bits per heavy atom. The maximum atomic E-state index is 2.19. The van der Waals surface area contributed by atoms with Gasteiger partial charge in [-0.05, 0) is 36.1 Å². The SMILES string of the molecule is Cc1cccc(C=Cc2ccc(C=Cc3cccc(C)c3)cc2)c1. The second-order valence-corrected chi connectivity index (χ2v) is 6.16. The van der Waals surface area contributed by atoms with Gasteiger partial charge in [-0.15, -0.1) is 0 Å². The molecule has 118 valence electrons. The summed E-state index contributed by atoms with van der Waals surface area (Å²) in [5.41, 5.74) is 7.47. The van der Waals surface area contributed by atoms with Crippen LogP contribution in [0.3, 0.4) is 0 Å². The van der Waals surface area contributed by atoms with Crippen LogP contribution < -0.4 is 0 Å². The molecule has 0 atom stereocenters. The van der Waals surface area contributed by atoms with Gasteiger partial charge in [0.1, 0.15) is 0 Å². The van der Waals surface area contributed by atoms with E-state index in [4.69, 9.17) is 0 Å². The molecule has 0 heterocycles. The monoisotopic (exact) mass is 310 g/mol. The highest BCUT2D eigenvalue weighted by atomic mass is 14.0. The van der Waals surface area contributed by atoms with E-state index in [2.05, 4.69) is 111 Å². The summed E-state index contributed by atoms with van der Waals surface area (Å²) < 4.78 is 0. The van der Waals surface area contributed by atoms with E-state index in [1.165, 1.54) is 33.4 Å². The van der Waals surface area contributed by atoms with Crippen LogP contribution in [0.25, 0.3) is 24.3 Å². The van der Waals surface area contributed by atoms with Crippen molar-refractivity contribution in [3.05, 3.63) is 106 Å². The third-order valence-corrected chi connectivity index (χ3v) is 3.96. The second kappa shape index (κ2) is 7.61. The van der Waals surface area contributed by atoms with Crippen LogP contribution in [-0.4, -0.2) is 0 Å². The molecule has 0 aliphatic carbocycles. The van der Waals surface area contributed by atoms with E-state index in [9.17, 15) is 0 Å². The van der Waals surface area contributed by atoms with Gasteiger partial charge in [-0.1, -0.05) is 108 Å². The van der Waals surface area contributed by atoms with Crippen molar-refractivity contribution in [3.8, 4) is 0 Å². The smallest absolute Gasteiger partial charge is 0.0254 e. The Labute approximate surface area is 144 Å². The zero-order chi connectivity index (χ0) is 16.8. The normalized spacial score (nSPS) is 11.4. The van der Waals surface area contributed by atoms with Gasteiger partial charge in [0.2, 0.25) is 0 Å². The van der Waals surface area contributed by atoms with E-state index in [0.29, 0.717) is 0 Å². The maximum Gasteiger partial charge on any atom is -0.0254 e. The quantitative estimate of drug-likeness (QED) is 0.473. The highest BCUT2D eigenvalue weighted by Gasteiger charge is 1.92. The molecule has 0 saturated heterocycles. The Balaban J connectivity index is 1.69. The van der Waals surface area contributed by atoms with Gasteiger partial charge >= 0.3 is 0 Å². The zero-order valence-electron chi connectivity index (χ0n) is 14.2. The molecule has 0 aliphatic rings. The van der Waals surface area contributed by atoms with Crippen molar-refractivity contribution in [1.29, 1.82) is 0 Å². The fourth-order valence-corrected chi connectivity index (χ4v) is 2.65. The predicted octanol–water partition coefficient (Wildman–Crippen LogP) is 6.64. The molecule has 0 amide bonds. The van der Waals surface area contributed by atoms with Crippen molar-refractivity contribution < 1.29 is 0 Å². The van der Waals surface area contributed by atoms with E-state index in [1.807, 2.05) is 0 Å². The molecule has 24 heavy (non-hydrogen) atoms. The third-order valence-electron chi connectivity index (χ3n) is 3.96. The van der Waals surface area contributed by atoms with Crippen LogP contribution in [-0.2, 0) is 0 Å². The highest BCUT2D eigenvalue weighted by molar-refractivity contribution is 5.73. The zero-order valence-corrected chi connectivity index (χ0v) is 14.2. The molecule has 0 spiro atoms. The van der Waals surface area contributed by atoms with Crippen LogP contribution in [0.5, 0.6) is 0 Å². The summed E-state index contributed by atoms with van der Waals surface area (Å²) in [4.78, 5) is 0. The molecule has 0 bridgehead atoms. The molecule has 0 aromatic heterocycles. The van der Waals surface area contributed by atoms with Crippen molar-refractivity contribution in [1.82, 2.24) is 0 Å². The Bertz CT molecular complexity index is 790. The number of benzene rings is 3. The highest BCUT2D eigenvalue weighted by Crippen LogP contribution is 2.13. The summed E-state index contributed by atoms with van der Waals surface area (Å²) >= 11 is 0. The Hall–Kier alpha value is -2.86. The average molecular weight is 310 g/mol. The Morgan fingerprint density at radius 3 is 1.21 bits per heavy atom. The summed E-state index contributed by atoms with van der Waals surface area (Å²) in [5, 5.41) is 0. The van der Waals surface area contributed by atoms with Crippen LogP contribution in [0, 0.1) is 13.8 Å². The van der Waals surface area contributed by atoms with Crippen LogP contribution in [0.1, 0.15) is 33.4 Å². The van der Waals surface area contributed by atoms with Crippen molar-refractivity contribution in [3.63, 3.8) is 0 Å². The second-order valence-electron chi connectivity index (χ2n) is 6.16. The number of aryl methyl sites for hydroxylation is 2. The molecule has 0 heteroatoms. The van der Waals surface area contributed by atoms with Crippen molar-refractivity contribution in [2.45, 2.75) is 13.8 Å². The largest absolute Gasteiger partial charge is 0.0614 e. The first-order valence-electron chi connectivity index (χ1n) is 8.29. The molecule has 0 fully saturated rings. The van der Waals surface area contributed by atoms with Crippen LogP contribution >= 0.6 is 0 Å². The van der Waals surface area contributed by atoms with Crippen molar-refractivity contribution in [2.24, 2.45) is 0 Å². The molecule has 0 unspecified atom stereocenters. The van der Waals surface area contributed by atoms with E-state index in [0.717, 1.165) is 0 Å². The van der Waals surface area contributed by atoms with Crippen molar-refractivity contribution in [2.75, 3.05) is 0 Å². The lowest BCUT2D eigenvalue weighted by atomic mass is 10.1. The van der Waals surface area contributed by atoms with Gasteiger partial charge in [-0.25, -0.2) is 0 Å². The molecule has 0 aliphatic heterocycles. The third kappa shape index (κ3) is 4.57. The lowest BCUT2D eigenvalue weighted by molar-refractivity contribution is 1.46. The van der Waals surface area contributed by atoms with E-state index in [1.54, 1.807) is 0 Å². The lowest BCUT2D eigenvalue weighted by Gasteiger charge is -1.99. The van der Waals surface area contributed by atoms with Crippen LogP contribution in [0.4, 0.5) is 0 Å². The molecular weight excluding hydrogens is 288 g/mol. The number of hydrogen-bond acceptors (Lipinski definition) is 0. The maximum absolute atomic E-state index is 2.19. The Kier molecular flexibility index (Phi) is 5.08. The van der Waals surface area contributed by atoms with E-state index >= 15 is 0 Å². The van der Waals surface area contributed by atoms with Gasteiger partial charge < -0.3 is 0 Å². The van der Waals surface area contributed by atoms with E-state index < -0.39 is 0 Å². The molecule has 0 saturated carbocycles. The molecule has 3 aromatic carbocycles. The topological polar surface area (TPSA) is 0 Å².